The molecule has 0 bridgehead atoms. The van der Waals surface area contributed by atoms with Gasteiger partial charge < -0.3 is 19.9 Å². The highest BCUT2D eigenvalue weighted by atomic mass is 16.6. The highest BCUT2D eigenvalue weighted by Crippen LogP contribution is 2.15. The average Bonchev–Trinajstić information content (AvgIpc) is 2.54. The van der Waals surface area contributed by atoms with Gasteiger partial charge in [0.05, 0.1) is 0 Å². The summed E-state index contributed by atoms with van der Waals surface area (Å²) in [6.45, 7) is 8.68. The number of nitrogens with one attached hydrogen (secondary N) is 1. The van der Waals surface area contributed by atoms with Gasteiger partial charge in [0.1, 0.15) is 5.60 Å². The van der Waals surface area contributed by atoms with Crippen LogP contribution >= 0.6 is 0 Å². The minimum atomic E-state index is -0.530. The van der Waals surface area contributed by atoms with E-state index in [9.17, 15) is 9.59 Å². The molecule has 0 aliphatic carbocycles. The number of alkyl carbamates (subject to hydrolysis) is 1. The summed E-state index contributed by atoms with van der Waals surface area (Å²) >= 11 is 0. The normalized spacial score (nSPS) is 15.1. The molecule has 0 spiro atoms. The fraction of sp³-hybridized carbons (Fsp3) is 0.588. The van der Waals surface area contributed by atoms with E-state index in [1.807, 2.05) is 17.0 Å². The molecule has 7 nitrogen and oxygen atoms in total. The van der Waals surface area contributed by atoms with Gasteiger partial charge in [-0.25, -0.2) is 4.79 Å². The van der Waals surface area contributed by atoms with Gasteiger partial charge in [-0.05, 0) is 32.9 Å². The summed E-state index contributed by atoms with van der Waals surface area (Å²) in [6.07, 6.45) is 3.34. The Kier molecular flexibility index (Phi) is 6.00. The standard InChI is InChI=1S/C17H26N4O3/c1-17(2,3)24-16(23)19-9-6-15(22)21-12-10-20(11-13-21)14-4-7-18-8-5-14/h4-5,7-8H,6,9-13H2,1-3H3,(H,19,23). The van der Waals surface area contributed by atoms with E-state index < -0.39 is 11.7 Å². The lowest BCUT2D eigenvalue weighted by Crippen LogP contribution is -2.49. The van der Waals surface area contributed by atoms with Gasteiger partial charge in [-0.3, -0.25) is 9.78 Å². The van der Waals surface area contributed by atoms with Crippen molar-refractivity contribution in [3.8, 4) is 0 Å². The summed E-state index contributed by atoms with van der Waals surface area (Å²) in [7, 11) is 0. The van der Waals surface area contributed by atoms with E-state index in [0.29, 0.717) is 13.1 Å². The lowest BCUT2D eigenvalue weighted by molar-refractivity contribution is -0.131. The number of ether oxygens (including phenoxy) is 1. The van der Waals surface area contributed by atoms with Crippen LogP contribution in [-0.4, -0.2) is 60.2 Å². The molecule has 1 saturated heterocycles. The number of carbonyl (C=O) groups excluding carboxylic acids is 2. The quantitative estimate of drug-likeness (QED) is 0.906. The molecule has 2 rings (SSSR count). The molecule has 1 aromatic heterocycles. The molecule has 2 heterocycles. The molecule has 0 unspecified atom stereocenters. The van der Waals surface area contributed by atoms with Crippen LogP contribution in [0.3, 0.4) is 0 Å². The van der Waals surface area contributed by atoms with Gasteiger partial charge in [0.25, 0.3) is 0 Å². The molecule has 1 aromatic rings. The number of nitrogens with zero attached hydrogens (tertiary/aromatic N) is 3. The summed E-state index contributed by atoms with van der Waals surface area (Å²) < 4.78 is 5.14. The number of pyridine rings is 1. The summed E-state index contributed by atoms with van der Waals surface area (Å²) in [5, 5.41) is 2.62. The Morgan fingerprint density at radius 3 is 2.38 bits per heavy atom. The van der Waals surface area contributed by atoms with Gasteiger partial charge in [-0.15, -0.1) is 0 Å². The minimum Gasteiger partial charge on any atom is -0.444 e. The van der Waals surface area contributed by atoms with Crippen LogP contribution in [0.15, 0.2) is 24.5 Å². The molecule has 1 aliphatic heterocycles. The summed E-state index contributed by atoms with van der Waals surface area (Å²) in [4.78, 5) is 31.9. The molecule has 132 valence electrons. The fourth-order valence-corrected chi connectivity index (χ4v) is 2.51. The molecule has 0 aromatic carbocycles. The van der Waals surface area contributed by atoms with Gasteiger partial charge in [0.2, 0.25) is 5.91 Å². The topological polar surface area (TPSA) is 74.8 Å². The Bertz CT molecular complexity index is 549. The van der Waals surface area contributed by atoms with Crippen LogP contribution in [0.25, 0.3) is 0 Å². The van der Waals surface area contributed by atoms with Crippen molar-refractivity contribution in [1.82, 2.24) is 15.2 Å². The van der Waals surface area contributed by atoms with Crippen LogP contribution in [0.5, 0.6) is 0 Å². The van der Waals surface area contributed by atoms with Crippen molar-refractivity contribution in [3.63, 3.8) is 0 Å². The molecule has 0 atom stereocenters. The molecular weight excluding hydrogens is 308 g/mol. The van der Waals surface area contributed by atoms with E-state index in [2.05, 4.69) is 15.2 Å². The minimum absolute atomic E-state index is 0.0560. The number of hydrogen-bond donors (Lipinski definition) is 1. The second-order valence-electron chi connectivity index (χ2n) is 6.75. The zero-order valence-electron chi connectivity index (χ0n) is 14.6. The van der Waals surface area contributed by atoms with Gasteiger partial charge in [-0.1, -0.05) is 0 Å². The van der Waals surface area contributed by atoms with Crippen LogP contribution in [0.4, 0.5) is 10.5 Å². The van der Waals surface area contributed by atoms with Crippen molar-refractivity contribution in [3.05, 3.63) is 24.5 Å². The first-order chi connectivity index (χ1) is 11.3. The van der Waals surface area contributed by atoms with Crippen molar-refractivity contribution >= 4 is 17.7 Å². The van der Waals surface area contributed by atoms with E-state index in [-0.39, 0.29) is 18.9 Å². The molecule has 7 heteroatoms. The van der Waals surface area contributed by atoms with Crippen molar-refractivity contribution in [2.75, 3.05) is 37.6 Å². The van der Waals surface area contributed by atoms with Crippen molar-refractivity contribution in [2.24, 2.45) is 0 Å². The number of anilines is 1. The maximum absolute atomic E-state index is 12.2. The fourth-order valence-electron chi connectivity index (χ4n) is 2.51. The number of hydrogen-bond acceptors (Lipinski definition) is 5. The van der Waals surface area contributed by atoms with Crippen molar-refractivity contribution in [2.45, 2.75) is 32.8 Å². The van der Waals surface area contributed by atoms with Gasteiger partial charge in [0, 0.05) is 57.2 Å². The van der Waals surface area contributed by atoms with Gasteiger partial charge in [0.15, 0.2) is 0 Å². The summed E-state index contributed by atoms with van der Waals surface area (Å²) in [5.74, 6) is 0.0560. The predicted molar refractivity (Wildman–Crippen MR) is 91.9 cm³/mol. The van der Waals surface area contributed by atoms with Crippen LogP contribution in [0.1, 0.15) is 27.2 Å². The Morgan fingerprint density at radius 2 is 1.79 bits per heavy atom. The molecule has 24 heavy (non-hydrogen) atoms. The second-order valence-corrected chi connectivity index (χ2v) is 6.75. The molecule has 1 fully saturated rings. The first kappa shape index (κ1) is 18.0. The molecule has 0 radical (unpaired) electrons. The van der Waals surface area contributed by atoms with Crippen LogP contribution in [-0.2, 0) is 9.53 Å². The monoisotopic (exact) mass is 334 g/mol. The Labute approximate surface area is 143 Å². The van der Waals surface area contributed by atoms with Crippen LogP contribution in [0.2, 0.25) is 0 Å². The Hall–Kier alpha value is -2.31. The van der Waals surface area contributed by atoms with E-state index in [1.54, 1.807) is 33.2 Å². The van der Waals surface area contributed by atoms with Crippen LogP contribution < -0.4 is 10.2 Å². The zero-order chi connectivity index (χ0) is 17.6. The first-order valence-electron chi connectivity index (χ1n) is 8.25. The van der Waals surface area contributed by atoms with E-state index in [0.717, 1.165) is 18.8 Å². The summed E-state index contributed by atoms with van der Waals surface area (Å²) in [5.41, 5.74) is 0.598. The third kappa shape index (κ3) is 5.72. The largest absolute Gasteiger partial charge is 0.444 e. The highest BCUT2D eigenvalue weighted by molar-refractivity contribution is 5.77. The maximum atomic E-state index is 12.2. The lowest BCUT2D eigenvalue weighted by atomic mass is 10.2. The zero-order valence-corrected chi connectivity index (χ0v) is 14.6. The Balaban J connectivity index is 1.69. The smallest absolute Gasteiger partial charge is 0.407 e. The molecule has 0 saturated carbocycles. The average molecular weight is 334 g/mol. The summed E-state index contributed by atoms with van der Waals surface area (Å²) in [6, 6.07) is 3.95. The third-order valence-electron chi connectivity index (χ3n) is 3.67. The second kappa shape index (κ2) is 7.99. The van der Waals surface area contributed by atoms with E-state index in [1.165, 1.54) is 0 Å². The van der Waals surface area contributed by atoms with E-state index in [4.69, 9.17) is 4.74 Å². The molecular formula is C17H26N4O3. The van der Waals surface area contributed by atoms with Crippen molar-refractivity contribution in [1.29, 1.82) is 0 Å². The Morgan fingerprint density at radius 1 is 1.17 bits per heavy atom. The molecule has 2 amide bonds. The van der Waals surface area contributed by atoms with Crippen LogP contribution in [0, 0.1) is 0 Å². The first-order valence-corrected chi connectivity index (χ1v) is 8.25. The third-order valence-corrected chi connectivity index (χ3v) is 3.67. The maximum Gasteiger partial charge on any atom is 0.407 e. The number of amides is 2. The molecule has 1 N–H and O–H groups in total. The van der Waals surface area contributed by atoms with Crippen molar-refractivity contribution < 1.29 is 14.3 Å². The highest BCUT2D eigenvalue weighted by Gasteiger charge is 2.21. The number of carbonyl (C=O) groups is 2. The number of rotatable bonds is 4. The predicted octanol–water partition coefficient (Wildman–Crippen LogP) is 1.64. The van der Waals surface area contributed by atoms with Gasteiger partial charge in [-0.2, -0.15) is 0 Å². The lowest BCUT2D eigenvalue weighted by Gasteiger charge is -2.36. The molecule has 1 aliphatic rings. The van der Waals surface area contributed by atoms with E-state index >= 15 is 0 Å². The number of piperazine rings is 1. The number of aromatic nitrogens is 1. The SMILES string of the molecule is CC(C)(C)OC(=O)NCCC(=O)N1CCN(c2ccncc2)CC1. The van der Waals surface area contributed by atoms with Gasteiger partial charge >= 0.3 is 6.09 Å².